The Morgan fingerprint density at radius 2 is 1.76 bits per heavy atom. The van der Waals surface area contributed by atoms with Crippen LogP contribution in [0.4, 0.5) is 20.0 Å². The van der Waals surface area contributed by atoms with Gasteiger partial charge in [-0.25, -0.2) is 14.2 Å². The van der Waals surface area contributed by atoms with E-state index >= 15 is 0 Å². The zero-order valence-electron chi connectivity index (χ0n) is 18.1. The summed E-state index contributed by atoms with van der Waals surface area (Å²) in [6.07, 6.45) is 0.0427. The summed E-state index contributed by atoms with van der Waals surface area (Å²) in [4.78, 5) is 40.4. The number of anilines is 2. The molecule has 1 heterocycles. The van der Waals surface area contributed by atoms with Gasteiger partial charge in [0.1, 0.15) is 5.82 Å². The van der Waals surface area contributed by atoms with Crippen LogP contribution in [0.25, 0.3) is 0 Å². The molecule has 0 atom stereocenters. The Morgan fingerprint density at radius 3 is 2.45 bits per heavy atom. The maximum absolute atomic E-state index is 13.7. The maximum Gasteiger partial charge on any atom is 0.319 e. The molecule has 3 aromatic rings. The van der Waals surface area contributed by atoms with Crippen molar-refractivity contribution in [1.82, 2.24) is 15.6 Å². The van der Waals surface area contributed by atoms with E-state index in [-0.39, 0.29) is 35.1 Å². The van der Waals surface area contributed by atoms with Crippen LogP contribution >= 0.6 is 11.3 Å². The van der Waals surface area contributed by atoms with Gasteiger partial charge < -0.3 is 16.0 Å². The number of amides is 4. The lowest BCUT2D eigenvalue weighted by atomic mass is 10.2. The fourth-order valence-corrected chi connectivity index (χ4v) is 3.52. The van der Waals surface area contributed by atoms with E-state index < -0.39 is 11.7 Å². The van der Waals surface area contributed by atoms with E-state index in [1.165, 1.54) is 18.2 Å². The van der Waals surface area contributed by atoms with Gasteiger partial charge in [-0.15, -0.1) is 11.3 Å². The van der Waals surface area contributed by atoms with E-state index in [9.17, 15) is 18.8 Å². The Morgan fingerprint density at radius 1 is 1.03 bits per heavy atom. The van der Waals surface area contributed by atoms with Crippen LogP contribution < -0.4 is 21.3 Å². The highest BCUT2D eigenvalue weighted by Crippen LogP contribution is 2.18. The molecule has 172 valence electrons. The van der Waals surface area contributed by atoms with Crippen molar-refractivity contribution in [2.24, 2.45) is 0 Å². The first kappa shape index (κ1) is 23.9. The minimum absolute atomic E-state index is 0.0383. The van der Waals surface area contributed by atoms with E-state index in [0.717, 1.165) is 16.9 Å². The van der Waals surface area contributed by atoms with E-state index in [2.05, 4.69) is 26.3 Å². The molecule has 0 spiro atoms. The van der Waals surface area contributed by atoms with Gasteiger partial charge in [-0.3, -0.25) is 14.9 Å². The Bertz CT molecular complexity index is 1130. The van der Waals surface area contributed by atoms with E-state index in [1.807, 2.05) is 26.0 Å². The van der Waals surface area contributed by atoms with Crippen LogP contribution in [0.2, 0.25) is 0 Å². The lowest BCUT2D eigenvalue weighted by Crippen LogP contribution is -2.34. The van der Waals surface area contributed by atoms with Gasteiger partial charge >= 0.3 is 6.03 Å². The zero-order valence-corrected chi connectivity index (χ0v) is 19.0. The maximum atomic E-state index is 13.7. The van der Waals surface area contributed by atoms with Gasteiger partial charge in [0, 0.05) is 23.7 Å². The second kappa shape index (κ2) is 11.2. The Balaban J connectivity index is 1.46. The topological polar surface area (TPSA) is 112 Å². The third kappa shape index (κ3) is 7.39. The molecular weight excluding hydrogens is 445 g/mol. The molecule has 10 heteroatoms. The smallest absolute Gasteiger partial charge is 0.319 e. The molecule has 8 nitrogen and oxygen atoms in total. The number of hydrogen-bond donors (Lipinski definition) is 4. The van der Waals surface area contributed by atoms with Gasteiger partial charge in [-0.2, -0.15) is 0 Å². The Labute approximate surface area is 194 Å². The number of benzene rings is 2. The third-order valence-electron chi connectivity index (χ3n) is 4.35. The summed E-state index contributed by atoms with van der Waals surface area (Å²) in [5, 5.41) is 12.8. The van der Waals surface area contributed by atoms with Crippen LogP contribution in [0.15, 0.2) is 53.9 Å². The molecule has 0 aliphatic heterocycles. The number of thiazole rings is 1. The number of halogens is 1. The molecule has 0 saturated heterocycles. The van der Waals surface area contributed by atoms with Gasteiger partial charge in [0.15, 0.2) is 5.13 Å². The van der Waals surface area contributed by atoms with Crippen LogP contribution in [-0.4, -0.2) is 28.9 Å². The molecular formula is C23H24FN5O3S. The first-order valence-corrected chi connectivity index (χ1v) is 11.1. The lowest BCUT2D eigenvalue weighted by molar-refractivity contribution is -0.120. The number of nitrogens with one attached hydrogen (secondary N) is 4. The van der Waals surface area contributed by atoms with Crippen molar-refractivity contribution in [2.75, 3.05) is 10.6 Å². The molecule has 2 aromatic carbocycles. The predicted molar refractivity (Wildman–Crippen MR) is 126 cm³/mol. The summed E-state index contributed by atoms with van der Waals surface area (Å²) >= 11 is 1.16. The van der Waals surface area contributed by atoms with Crippen LogP contribution in [0.3, 0.4) is 0 Å². The quantitative estimate of drug-likeness (QED) is 0.401. The van der Waals surface area contributed by atoms with Crippen LogP contribution in [-0.2, 0) is 17.8 Å². The third-order valence-corrected chi connectivity index (χ3v) is 5.16. The van der Waals surface area contributed by atoms with Crippen molar-refractivity contribution < 1.29 is 18.8 Å². The van der Waals surface area contributed by atoms with Gasteiger partial charge in [-0.1, -0.05) is 24.3 Å². The van der Waals surface area contributed by atoms with Crippen molar-refractivity contribution in [3.8, 4) is 0 Å². The molecule has 3 rings (SSSR count). The van der Waals surface area contributed by atoms with E-state index in [0.29, 0.717) is 17.9 Å². The number of rotatable bonds is 8. The second-order valence-corrected chi connectivity index (χ2v) is 8.34. The molecule has 0 aliphatic rings. The summed E-state index contributed by atoms with van der Waals surface area (Å²) in [6, 6.07) is 12.6. The monoisotopic (exact) mass is 469 g/mol. The van der Waals surface area contributed by atoms with Crippen LogP contribution in [0.5, 0.6) is 0 Å². The van der Waals surface area contributed by atoms with Gasteiger partial charge in [0.25, 0.3) is 5.91 Å². The van der Waals surface area contributed by atoms with Gasteiger partial charge in [0.05, 0.1) is 17.7 Å². The number of carbonyl (C=O) groups is 3. The number of aromatic nitrogens is 1. The van der Waals surface area contributed by atoms with Gasteiger partial charge in [0.2, 0.25) is 5.91 Å². The largest absolute Gasteiger partial charge is 0.352 e. The molecule has 0 saturated carbocycles. The first-order chi connectivity index (χ1) is 15.8. The van der Waals surface area contributed by atoms with Crippen molar-refractivity contribution in [3.63, 3.8) is 0 Å². The number of nitrogens with zero attached hydrogens (tertiary/aromatic N) is 1. The van der Waals surface area contributed by atoms with Crippen LogP contribution in [0.1, 0.15) is 35.5 Å². The summed E-state index contributed by atoms with van der Waals surface area (Å²) < 4.78 is 13.7. The average molecular weight is 470 g/mol. The molecule has 1 aromatic heterocycles. The van der Waals surface area contributed by atoms with E-state index in [1.54, 1.807) is 23.6 Å². The fraction of sp³-hybridized carbons (Fsp3) is 0.217. The number of carbonyl (C=O) groups excluding carboxylic acids is 3. The van der Waals surface area contributed by atoms with Crippen molar-refractivity contribution >= 4 is 40.0 Å². The molecule has 0 fully saturated rings. The fourth-order valence-electron chi connectivity index (χ4n) is 2.82. The van der Waals surface area contributed by atoms with Crippen LogP contribution in [0, 0.1) is 5.82 Å². The lowest BCUT2D eigenvalue weighted by Gasteiger charge is -2.10. The molecule has 0 unspecified atom stereocenters. The summed E-state index contributed by atoms with van der Waals surface area (Å²) in [6.45, 7) is 4.07. The van der Waals surface area contributed by atoms with Crippen molar-refractivity contribution in [2.45, 2.75) is 32.9 Å². The minimum atomic E-state index is -0.617. The first-order valence-electron chi connectivity index (χ1n) is 10.2. The number of hydrogen-bond acceptors (Lipinski definition) is 5. The molecule has 0 radical (unpaired) electrons. The highest BCUT2D eigenvalue weighted by molar-refractivity contribution is 7.14. The van der Waals surface area contributed by atoms with Crippen molar-refractivity contribution in [3.05, 3.63) is 76.5 Å². The summed E-state index contributed by atoms with van der Waals surface area (Å²) in [5.74, 6) is -1.45. The molecule has 0 bridgehead atoms. The standard InChI is InChI=1S/C23H24FN5O3S/c1-14(2)26-22(32)27-16-9-7-15(8-10-16)12-25-20(30)11-17-13-33-23(28-17)29-21(31)18-5-3-4-6-19(18)24/h3-10,13-14H,11-12H2,1-2H3,(H,25,30)(H2,26,27,32)(H,28,29,31). The molecule has 0 aliphatic carbocycles. The molecule has 4 N–H and O–H groups in total. The average Bonchev–Trinajstić information content (AvgIpc) is 3.19. The minimum Gasteiger partial charge on any atom is -0.352 e. The Hall–Kier alpha value is -3.79. The van der Waals surface area contributed by atoms with E-state index in [4.69, 9.17) is 0 Å². The zero-order chi connectivity index (χ0) is 23.8. The Kier molecular flexibility index (Phi) is 8.09. The summed E-state index contributed by atoms with van der Waals surface area (Å²) in [5.41, 5.74) is 1.94. The second-order valence-electron chi connectivity index (χ2n) is 7.48. The molecule has 4 amide bonds. The van der Waals surface area contributed by atoms with Crippen molar-refractivity contribution in [1.29, 1.82) is 0 Å². The highest BCUT2D eigenvalue weighted by Gasteiger charge is 2.14. The predicted octanol–water partition coefficient (Wildman–Crippen LogP) is 3.92. The van der Waals surface area contributed by atoms with Gasteiger partial charge in [-0.05, 0) is 43.7 Å². The normalized spacial score (nSPS) is 10.5. The summed E-state index contributed by atoms with van der Waals surface area (Å²) in [7, 11) is 0. The SMILES string of the molecule is CC(C)NC(=O)Nc1ccc(CNC(=O)Cc2csc(NC(=O)c3ccccc3F)n2)cc1. The number of urea groups is 1. The molecule has 33 heavy (non-hydrogen) atoms. The highest BCUT2D eigenvalue weighted by atomic mass is 32.1.